The fraction of sp³-hybridized carbons (Fsp3) is 0.250. The van der Waals surface area contributed by atoms with Crippen molar-refractivity contribution in [2.75, 3.05) is 49.5 Å². The number of hydrogen-bond donors (Lipinski definition) is 1. The summed E-state index contributed by atoms with van der Waals surface area (Å²) in [4.78, 5) is 28.7. The standard InChI is InChI=1S/C24H24N4O4S/c29-23-16-28(22-8-4-3-7-21(22)25-23)24(30)17-26-11-13-27(14-12-26)33(31,32)20-10-9-18-5-1-2-6-19(18)15-20/h1-10,15H,11-14,16-17H2,(H,25,29). The second-order valence-corrected chi connectivity index (χ2v) is 10.2. The molecule has 5 rings (SSSR count). The van der Waals surface area contributed by atoms with Crippen LogP contribution < -0.4 is 10.2 Å². The predicted molar refractivity (Wildman–Crippen MR) is 127 cm³/mol. The van der Waals surface area contributed by atoms with Gasteiger partial charge in [-0.2, -0.15) is 4.31 Å². The van der Waals surface area contributed by atoms with Crippen molar-refractivity contribution >= 4 is 44.0 Å². The highest BCUT2D eigenvalue weighted by atomic mass is 32.2. The molecule has 8 nitrogen and oxygen atoms in total. The Labute approximate surface area is 192 Å². The van der Waals surface area contributed by atoms with Gasteiger partial charge in [0.2, 0.25) is 21.8 Å². The number of carbonyl (C=O) groups is 2. The van der Waals surface area contributed by atoms with Crippen LogP contribution in [0.1, 0.15) is 0 Å². The number of piperazine rings is 1. The van der Waals surface area contributed by atoms with Crippen LogP contribution in [0.3, 0.4) is 0 Å². The van der Waals surface area contributed by atoms with Crippen LogP contribution in [0.2, 0.25) is 0 Å². The number of nitrogens with one attached hydrogen (secondary N) is 1. The molecule has 33 heavy (non-hydrogen) atoms. The van der Waals surface area contributed by atoms with Crippen molar-refractivity contribution in [2.24, 2.45) is 0 Å². The van der Waals surface area contributed by atoms with E-state index >= 15 is 0 Å². The summed E-state index contributed by atoms with van der Waals surface area (Å²) in [5.74, 6) is -0.406. The molecule has 1 saturated heterocycles. The van der Waals surface area contributed by atoms with Crippen molar-refractivity contribution < 1.29 is 18.0 Å². The highest BCUT2D eigenvalue weighted by molar-refractivity contribution is 7.89. The third kappa shape index (κ3) is 4.22. The van der Waals surface area contributed by atoms with Gasteiger partial charge in [-0.25, -0.2) is 8.42 Å². The van der Waals surface area contributed by atoms with Gasteiger partial charge in [-0.05, 0) is 35.0 Å². The van der Waals surface area contributed by atoms with Crippen molar-refractivity contribution in [2.45, 2.75) is 4.90 Å². The number of amides is 2. The Balaban J connectivity index is 1.24. The zero-order valence-electron chi connectivity index (χ0n) is 18.0. The Hall–Kier alpha value is -3.27. The van der Waals surface area contributed by atoms with E-state index in [0.29, 0.717) is 37.6 Å². The summed E-state index contributed by atoms with van der Waals surface area (Å²) in [6, 6.07) is 20.0. The van der Waals surface area contributed by atoms with E-state index in [2.05, 4.69) is 5.32 Å². The molecule has 1 fully saturated rings. The van der Waals surface area contributed by atoms with E-state index in [9.17, 15) is 18.0 Å². The van der Waals surface area contributed by atoms with E-state index in [4.69, 9.17) is 0 Å². The van der Waals surface area contributed by atoms with Crippen molar-refractivity contribution in [3.05, 3.63) is 66.7 Å². The first-order valence-corrected chi connectivity index (χ1v) is 12.3. The van der Waals surface area contributed by atoms with Gasteiger partial charge < -0.3 is 5.32 Å². The largest absolute Gasteiger partial charge is 0.323 e. The van der Waals surface area contributed by atoms with Crippen LogP contribution in [0.4, 0.5) is 11.4 Å². The van der Waals surface area contributed by atoms with E-state index in [1.54, 1.807) is 24.3 Å². The number of sulfonamides is 1. The lowest BCUT2D eigenvalue weighted by molar-refractivity contribution is -0.122. The average molecular weight is 465 g/mol. The number of benzene rings is 3. The van der Waals surface area contributed by atoms with Gasteiger partial charge in [-0.1, -0.05) is 42.5 Å². The van der Waals surface area contributed by atoms with Gasteiger partial charge in [0.15, 0.2) is 0 Å². The third-order valence-electron chi connectivity index (χ3n) is 6.12. The van der Waals surface area contributed by atoms with Gasteiger partial charge in [0.05, 0.1) is 22.8 Å². The molecule has 170 valence electrons. The predicted octanol–water partition coefficient (Wildman–Crippen LogP) is 2.13. The molecule has 0 bridgehead atoms. The normalized spacial score (nSPS) is 17.6. The van der Waals surface area contributed by atoms with Crippen LogP contribution in [0.25, 0.3) is 10.8 Å². The first kappa shape index (κ1) is 21.6. The molecule has 2 heterocycles. The lowest BCUT2D eigenvalue weighted by atomic mass is 10.1. The Morgan fingerprint density at radius 2 is 1.58 bits per heavy atom. The van der Waals surface area contributed by atoms with Gasteiger partial charge in [-0.3, -0.25) is 19.4 Å². The summed E-state index contributed by atoms with van der Waals surface area (Å²) >= 11 is 0. The molecule has 0 atom stereocenters. The fourth-order valence-electron chi connectivity index (χ4n) is 4.34. The van der Waals surface area contributed by atoms with E-state index in [1.165, 1.54) is 9.21 Å². The maximum absolute atomic E-state index is 13.2. The Morgan fingerprint density at radius 1 is 0.879 bits per heavy atom. The summed E-state index contributed by atoms with van der Waals surface area (Å²) in [6.45, 7) is 1.61. The third-order valence-corrected chi connectivity index (χ3v) is 8.02. The zero-order chi connectivity index (χ0) is 23.0. The molecular formula is C24H24N4O4S. The summed E-state index contributed by atoms with van der Waals surface area (Å²) in [5, 5.41) is 4.65. The molecule has 3 aromatic rings. The molecular weight excluding hydrogens is 440 g/mol. The molecule has 2 aliphatic heterocycles. The minimum Gasteiger partial charge on any atom is -0.323 e. The lowest BCUT2D eigenvalue weighted by Crippen LogP contribution is -2.52. The molecule has 2 amide bonds. The van der Waals surface area contributed by atoms with Gasteiger partial charge in [-0.15, -0.1) is 0 Å². The Bertz CT molecular complexity index is 1330. The van der Waals surface area contributed by atoms with E-state index in [0.717, 1.165) is 10.8 Å². The molecule has 0 aliphatic carbocycles. The minimum absolute atomic E-state index is 0.0217. The lowest BCUT2D eigenvalue weighted by Gasteiger charge is -2.35. The molecule has 0 saturated carbocycles. The molecule has 0 unspecified atom stereocenters. The number of nitrogens with zero attached hydrogens (tertiary/aromatic N) is 3. The number of rotatable bonds is 4. The van der Waals surface area contributed by atoms with Crippen molar-refractivity contribution in [1.29, 1.82) is 0 Å². The second kappa shape index (κ2) is 8.58. The average Bonchev–Trinajstić information content (AvgIpc) is 2.83. The second-order valence-electron chi connectivity index (χ2n) is 8.23. The topological polar surface area (TPSA) is 90.0 Å². The van der Waals surface area contributed by atoms with E-state index in [1.807, 2.05) is 47.4 Å². The fourth-order valence-corrected chi connectivity index (χ4v) is 5.80. The Kier molecular flexibility index (Phi) is 5.61. The number of fused-ring (bicyclic) bond motifs is 2. The van der Waals surface area contributed by atoms with Crippen LogP contribution in [-0.2, 0) is 19.6 Å². The van der Waals surface area contributed by atoms with Crippen LogP contribution in [-0.4, -0.2) is 68.7 Å². The first-order chi connectivity index (χ1) is 15.9. The number of hydrogen-bond acceptors (Lipinski definition) is 5. The SMILES string of the molecule is O=C1CN(C(=O)CN2CCN(S(=O)(=O)c3ccc4ccccc4c3)CC2)c2ccccc2N1. The monoisotopic (exact) mass is 464 g/mol. The van der Waals surface area contributed by atoms with Crippen LogP contribution in [0.5, 0.6) is 0 Å². The van der Waals surface area contributed by atoms with Crippen molar-refractivity contribution in [1.82, 2.24) is 9.21 Å². The summed E-state index contributed by atoms with van der Waals surface area (Å²) in [5.41, 5.74) is 1.30. The maximum Gasteiger partial charge on any atom is 0.244 e. The van der Waals surface area contributed by atoms with Gasteiger partial charge in [0.1, 0.15) is 6.54 Å². The molecule has 0 aromatic heterocycles. The number of para-hydroxylation sites is 2. The Morgan fingerprint density at radius 3 is 2.36 bits per heavy atom. The summed E-state index contributed by atoms with van der Waals surface area (Å²) in [6.07, 6.45) is 0. The van der Waals surface area contributed by atoms with Crippen molar-refractivity contribution in [3.63, 3.8) is 0 Å². The highest BCUT2D eigenvalue weighted by Crippen LogP contribution is 2.29. The van der Waals surface area contributed by atoms with Crippen LogP contribution >= 0.6 is 0 Å². The van der Waals surface area contributed by atoms with E-state index < -0.39 is 10.0 Å². The summed E-state index contributed by atoms with van der Waals surface area (Å²) < 4.78 is 27.8. The van der Waals surface area contributed by atoms with Crippen LogP contribution in [0.15, 0.2) is 71.6 Å². The number of anilines is 2. The quantitative estimate of drug-likeness (QED) is 0.639. The smallest absolute Gasteiger partial charge is 0.244 e. The van der Waals surface area contributed by atoms with E-state index in [-0.39, 0.29) is 29.8 Å². The first-order valence-electron chi connectivity index (χ1n) is 10.8. The highest BCUT2D eigenvalue weighted by Gasteiger charge is 2.32. The molecule has 2 aliphatic rings. The molecule has 0 radical (unpaired) electrons. The van der Waals surface area contributed by atoms with Gasteiger partial charge in [0.25, 0.3) is 0 Å². The minimum atomic E-state index is -3.61. The molecule has 0 spiro atoms. The molecule has 3 aromatic carbocycles. The van der Waals surface area contributed by atoms with Gasteiger partial charge in [0, 0.05) is 26.2 Å². The number of carbonyl (C=O) groups excluding carboxylic acids is 2. The molecule has 9 heteroatoms. The molecule has 1 N–H and O–H groups in total. The maximum atomic E-state index is 13.2. The summed E-state index contributed by atoms with van der Waals surface area (Å²) in [7, 11) is -3.61. The van der Waals surface area contributed by atoms with Crippen molar-refractivity contribution in [3.8, 4) is 0 Å². The van der Waals surface area contributed by atoms with Crippen LogP contribution in [0, 0.1) is 0 Å². The van der Waals surface area contributed by atoms with Gasteiger partial charge >= 0.3 is 0 Å². The zero-order valence-corrected chi connectivity index (χ0v) is 18.8.